The number of carbonyl (C=O) groups is 1. The van der Waals surface area contributed by atoms with E-state index in [0.29, 0.717) is 6.04 Å². The van der Waals surface area contributed by atoms with E-state index < -0.39 is 5.97 Å². The van der Waals surface area contributed by atoms with Gasteiger partial charge in [0.25, 0.3) is 0 Å². The third-order valence-electron chi connectivity index (χ3n) is 3.19. The minimum Gasteiger partial charge on any atom is -0.480 e. The minimum atomic E-state index is -0.744. The fourth-order valence-electron chi connectivity index (χ4n) is 2.12. The molecule has 0 saturated carbocycles. The smallest absolute Gasteiger partial charge is 0.317 e. The lowest BCUT2D eigenvalue weighted by Crippen LogP contribution is -2.48. The quantitative estimate of drug-likeness (QED) is 0.866. The molecule has 1 aromatic heterocycles. The minimum absolute atomic E-state index is 0.152. The maximum absolute atomic E-state index is 10.6. The van der Waals surface area contributed by atoms with Crippen molar-refractivity contribution in [2.45, 2.75) is 13.0 Å². The van der Waals surface area contributed by atoms with E-state index >= 15 is 0 Å². The van der Waals surface area contributed by atoms with Crippen LogP contribution < -0.4 is 0 Å². The molecule has 5 nitrogen and oxygen atoms in total. The van der Waals surface area contributed by atoms with Crippen molar-refractivity contribution in [3.63, 3.8) is 0 Å². The molecule has 0 radical (unpaired) electrons. The summed E-state index contributed by atoms with van der Waals surface area (Å²) in [6, 6.07) is 0.327. The standard InChI is InChI=1S/C11H17N3O2S/c1-9(10-7-17-8-12-10)14-4-2-13(3-5-14)6-11(15)16/h7-9H,2-6H2,1H3,(H,15,16). The third kappa shape index (κ3) is 3.24. The highest BCUT2D eigenvalue weighted by molar-refractivity contribution is 7.07. The second-order valence-electron chi connectivity index (χ2n) is 4.30. The number of hydrogen-bond acceptors (Lipinski definition) is 5. The van der Waals surface area contributed by atoms with Gasteiger partial charge < -0.3 is 5.11 Å². The van der Waals surface area contributed by atoms with Gasteiger partial charge in [-0.15, -0.1) is 11.3 Å². The number of aliphatic carboxylic acids is 1. The van der Waals surface area contributed by atoms with Crippen LogP contribution in [0.4, 0.5) is 0 Å². The van der Waals surface area contributed by atoms with E-state index in [4.69, 9.17) is 5.11 Å². The van der Waals surface area contributed by atoms with Crippen molar-refractivity contribution in [2.75, 3.05) is 32.7 Å². The summed E-state index contributed by atoms with van der Waals surface area (Å²) in [6.45, 7) is 5.76. The summed E-state index contributed by atoms with van der Waals surface area (Å²) in [5, 5.41) is 10.8. The Morgan fingerprint density at radius 2 is 2.24 bits per heavy atom. The van der Waals surface area contributed by atoms with Gasteiger partial charge in [-0.2, -0.15) is 0 Å². The highest BCUT2D eigenvalue weighted by Crippen LogP contribution is 2.21. The number of nitrogens with zero attached hydrogens (tertiary/aromatic N) is 3. The zero-order valence-corrected chi connectivity index (χ0v) is 10.7. The molecule has 1 aliphatic heterocycles. The third-order valence-corrected chi connectivity index (χ3v) is 3.80. The number of thiazole rings is 1. The predicted molar refractivity (Wildman–Crippen MR) is 66.2 cm³/mol. The van der Waals surface area contributed by atoms with Gasteiger partial charge in [-0.3, -0.25) is 14.6 Å². The van der Waals surface area contributed by atoms with E-state index in [2.05, 4.69) is 22.2 Å². The number of piperazine rings is 1. The molecule has 1 unspecified atom stereocenters. The molecule has 1 saturated heterocycles. The van der Waals surface area contributed by atoms with Gasteiger partial charge in [0.05, 0.1) is 23.8 Å². The molecule has 1 aromatic rings. The van der Waals surface area contributed by atoms with E-state index in [1.807, 2.05) is 10.4 Å². The van der Waals surface area contributed by atoms with Gasteiger partial charge >= 0.3 is 5.97 Å². The fourth-order valence-corrected chi connectivity index (χ4v) is 2.76. The van der Waals surface area contributed by atoms with E-state index in [1.165, 1.54) is 0 Å². The summed E-state index contributed by atoms with van der Waals surface area (Å²) in [5.41, 5.74) is 2.97. The lowest BCUT2D eigenvalue weighted by Gasteiger charge is -2.36. The Morgan fingerprint density at radius 1 is 1.53 bits per heavy atom. The molecule has 0 spiro atoms. The van der Waals surface area contributed by atoms with Crippen LogP contribution in [-0.2, 0) is 4.79 Å². The Bertz CT molecular complexity index is 361. The molecule has 1 atom stereocenters. The van der Waals surface area contributed by atoms with E-state index in [9.17, 15) is 4.79 Å². The molecule has 0 bridgehead atoms. The first-order valence-corrected chi connectivity index (χ1v) is 6.67. The fraction of sp³-hybridized carbons (Fsp3) is 0.636. The Balaban J connectivity index is 1.84. The summed E-state index contributed by atoms with van der Waals surface area (Å²) in [7, 11) is 0. The zero-order valence-electron chi connectivity index (χ0n) is 9.87. The zero-order chi connectivity index (χ0) is 12.3. The van der Waals surface area contributed by atoms with E-state index in [1.54, 1.807) is 11.3 Å². The molecule has 0 amide bonds. The van der Waals surface area contributed by atoms with Gasteiger partial charge in [0.15, 0.2) is 0 Å². The highest BCUT2D eigenvalue weighted by atomic mass is 32.1. The topological polar surface area (TPSA) is 56.7 Å². The van der Waals surface area contributed by atoms with Gasteiger partial charge in [0.2, 0.25) is 0 Å². The lowest BCUT2D eigenvalue weighted by atomic mass is 10.2. The van der Waals surface area contributed by atoms with Gasteiger partial charge in [-0.05, 0) is 6.92 Å². The van der Waals surface area contributed by atoms with Crippen LogP contribution in [0.2, 0.25) is 0 Å². The molecule has 94 valence electrons. The molecule has 2 heterocycles. The number of hydrogen-bond donors (Lipinski definition) is 1. The van der Waals surface area contributed by atoms with Crippen molar-refractivity contribution in [3.8, 4) is 0 Å². The SMILES string of the molecule is CC(c1cscn1)N1CCN(CC(=O)O)CC1. The molecule has 0 aromatic carbocycles. The van der Waals surface area contributed by atoms with Crippen molar-refractivity contribution in [1.82, 2.24) is 14.8 Å². The average molecular weight is 255 g/mol. The first kappa shape index (κ1) is 12.5. The maximum Gasteiger partial charge on any atom is 0.317 e. The van der Waals surface area contributed by atoms with Gasteiger partial charge in [0, 0.05) is 31.6 Å². The van der Waals surface area contributed by atoms with Gasteiger partial charge in [-0.1, -0.05) is 0 Å². The first-order chi connectivity index (χ1) is 8.16. The van der Waals surface area contributed by atoms with Crippen LogP contribution in [-0.4, -0.2) is 58.6 Å². The molecule has 2 rings (SSSR count). The molecular formula is C11H17N3O2S. The second kappa shape index (κ2) is 5.57. The Hall–Kier alpha value is -0.980. The van der Waals surface area contributed by atoms with E-state index in [-0.39, 0.29) is 6.54 Å². The predicted octanol–water partition coefficient (Wildman–Crippen LogP) is 0.906. The van der Waals surface area contributed by atoms with Gasteiger partial charge in [-0.25, -0.2) is 4.98 Å². The highest BCUT2D eigenvalue weighted by Gasteiger charge is 2.23. The van der Waals surface area contributed by atoms with Crippen LogP contribution in [0.3, 0.4) is 0 Å². The maximum atomic E-state index is 10.6. The largest absolute Gasteiger partial charge is 0.480 e. The van der Waals surface area contributed by atoms with Crippen LogP contribution in [0.25, 0.3) is 0 Å². The Morgan fingerprint density at radius 3 is 2.76 bits per heavy atom. The van der Waals surface area contributed by atoms with Crippen LogP contribution >= 0.6 is 11.3 Å². The number of rotatable bonds is 4. The molecular weight excluding hydrogens is 238 g/mol. The molecule has 1 aliphatic rings. The van der Waals surface area contributed by atoms with Crippen molar-refractivity contribution in [3.05, 3.63) is 16.6 Å². The Kier molecular flexibility index (Phi) is 4.09. The number of carboxylic acids is 1. The summed E-state index contributed by atoms with van der Waals surface area (Å²) in [5.74, 6) is -0.744. The summed E-state index contributed by atoms with van der Waals surface area (Å²) >= 11 is 1.61. The van der Waals surface area contributed by atoms with Crippen molar-refractivity contribution < 1.29 is 9.90 Å². The molecule has 6 heteroatoms. The van der Waals surface area contributed by atoms with Gasteiger partial charge in [0.1, 0.15) is 0 Å². The molecule has 1 fully saturated rings. The first-order valence-electron chi connectivity index (χ1n) is 5.73. The van der Waals surface area contributed by atoms with Crippen LogP contribution in [0, 0.1) is 0 Å². The van der Waals surface area contributed by atoms with Crippen LogP contribution in [0.5, 0.6) is 0 Å². The number of carboxylic acid groups (broad SMARTS) is 1. The average Bonchev–Trinajstić information content (AvgIpc) is 2.82. The second-order valence-corrected chi connectivity index (χ2v) is 5.01. The summed E-state index contributed by atoms with van der Waals surface area (Å²) < 4.78 is 0. The normalized spacial score (nSPS) is 20.3. The van der Waals surface area contributed by atoms with Crippen molar-refractivity contribution >= 4 is 17.3 Å². The van der Waals surface area contributed by atoms with Crippen molar-refractivity contribution in [2.24, 2.45) is 0 Å². The van der Waals surface area contributed by atoms with E-state index in [0.717, 1.165) is 31.9 Å². The Labute approximate surface area is 105 Å². The summed E-state index contributed by atoms with van der Waals surface area (Å²) in [6.07, 6.45) is 0. The van der Waals surface area contributed by atoms with Crippen molar-refractivity contribution in [1.29, 1.82) is 0 Å². The number of aromatic nitrogens is 1. The molecule has 1 N–H and O–H groups in total. The molecule has 0 aliphatic carbocycles. The molecule has 17 heavy (non-hydrogen) atoms. The lowest BCUT2D eigenvalue weighted by molar-refractivity contribution is -0.138. The summed E-state index contributed by atoms with van der Waals surface area (Å²) in [4.78, 5) is 19.3. The van der Waals surface area contributed by atoms with Crippen LogP contribution in [0.1, 0.15) is 18.7 Å². The monoisotopic (exact) mass is 255 g/mol. The van der Waals surface area contributed by atoms with Crippen LogP contribution in [0.15, 0.2) is 10.9 Å².